The summed E-state index contributed by atoms with van der Waals surface area (Å²) >= 11 is 0. The molecule has 0 saturated carbocycles. The standard InChI is InChI=1S/C11H12N6O2/c1-15-8-7(9(18)16(2)11(15)19)12-10(13-8)14-17-5-3-4-6-17/h3-6H,1-2H3,(H2,12,13,14). The Bertz CT molecular complexity index is 852. The molecule has 0 unspecified atom stereocenters. The van der Waals surface area contributed by atoms with Crippen LogP contribution in [0.25, 0.3) is 11.2 Å². The molecule has 98 valence electrons. The molecule has 0 bridgehead atoms. The fourth-order valence-corrected chi connectivity index (χ4v) is 1.91. The van der Waals surface area contributed by atoms with Crippen molar-refractivity contribution in [1.29, 1.82) is 0 Å². The lowest BCUT2D eigenvalue weighted by Gasteiger charge is -2.01. The Kier molecular flexibility index (Phi) is 2.31. The van der Waals surface area contributed by atoms with Crippen molar-refractivity contribution in [2.45, 2.75) is 0 Å². The molecule has 8 heteroatoms. The minimum absolute atomic E-state index is 0.291. The van der Waals surface area contributed by atoms with Crippen LogP contribution in [-0.4, -0.2) is 23.8 Å². The minimum Gasteiger partial charge on any atom is -0.317 e. The van der Waals surface area contributed by atoms with Crippen LogP contribution in [-0.2, 0) is 14.1 Å². The quantitative estimate of drug-likeness (QED) is 0.658. The summed E-state index contributed by atoms with van der Waals surface area (Å²) < 4.78 is 4.05. The molecule has 0 amide bonds. The lowest BCUT2D eigenvalue weighted by atomic mass is 10.5. The number of imidazole rings is 1. The summed E-state index contributed by atoms with van der Waals surface area (Å²) in [5, 5.41) is 0. The van der Waals surface area contributed by atoms with Gasteiger partial charge in [-0.15, -0.1) is 0 Å². The van der Waals surface area contributed by atoms with E-state index in [-0.39, 0.29) is 0 Å². The van der Waals surface area contributed by atoms with Gasteiger partial charge in [0.15, 0.2) is 11.2 Å². The number of aromatic amines is 1. The van der Waals surface area contributed by atoms with Crippen molar-refractivity contribution in [3.8, 4) is 0 Å². The number of rotatable bonds is 2. The molecule has 0 fully saturated rings. The number of nitrogens with zero attached hydrogens (tertiary/aromatic N) is 4. The maximum Gasteiger partial charge on any atom is 0.332 e. The Morgan fingerprint density at radius 3 is 2.53 bits per heavy atom. The largest absolute Gasteiger partial charge is 0.332 e. The van der Waals surface area contributed by atoms with Crippen molar-refractivity contribution in [1.82, 2.24) is 23.8 Å². The van der Waals surface area contributed by atoms with Crippen LogP contribution in [0.2, 0.25) is 0 Å². The van der Waals surface area contributed by atoms with E-state index in [1.165, 1.54) is 11.6 Å². The molecule has 8 nitrogen and oxygen atoms in total. The minimum atomic E-state index is -0.406. The van der Waals surface area contributed by atoms with Crippen molar-refractivity contribution >= 4 is 17.1 Å². The van der Waals surface area contributed by atoms with Gasteiger partial charge in [-0.2, -0.15) is 4.98 Å². The van der Waals surface area contributed by atoms with Crippen LogP contribution in [0.3, 0.4) is 0 Å². The third kappa shape index (κ3) is 1.65. The van der Waals surface area contributed by atoms with Crippen LogP contribution in [0, 0.1) is 0 Å². The number of aryl methyl sites for hydroxylation is 1. The first-order valence-corrected chi connectivity index (χ1v) is 5.63. The van der Waals surface area contributed by atoms with Crippen LogP contribution in [0.1, 0.15) is 0 Å². The molecule has 2 N–H and O–H groups in total. The summed E-state index contributed by atoms with van der Waals surface area (Å²) in [6.45, 7) is 0. The molecule has 0 aliphatic carbocycles. The lowest BCUT2D eigenvalue weighted by Crippen LogP contribution is -2.36. The SMILES string of the molecule is Cn1c(=O)c2[nH]c(Nn3cccc3)nc2n(C)c1=O. The zero-order valence-corrected chi connectivity index (χ0v) is 10.4. The van der Waals surface area contributed by atoms with Gasteiger partial charge in [0.2, 0.25) is 5.95 Å². The normalized spacial score (nSPS) is 11.1. The highest BCUT2D eigenvalue weighted by Gasteiger charge is 2.13. The fourth-order valence-electron chi connectivity index (χ4n) is 1.91. The maximum atomic E-state index is 12.0. The van der Waals surface area contributed by atoms with Crippen LogP contribution in [0.5, 0.6) is 0 Å². The Morgan fingerprint density at radius 1 is 1.16 bits per heavy atom. The van der Waals surface area contributed by atoms with E-state index in [1.54, 1.807) is 24.1 Å². The monoisotopic (exact) mass is 260 g/mol. The Balaban J connectivity index is 2.21. The van der Waals surface area contributed by atoms with Crippen LogP contribution in [0.4, 0.5) is 5.95 Å². The first-order valence-electron chi connectivity index (χ1n) is 5.63. The fraction of sp³-hybridized carbons (Fsp3) is 0.182. The summed E-state index contributed by atoms with van der Waals surface area (Å²) in [4.78, 5) is 30.8. The summed E-state index contributed by atoms with van der Waals surface area (Å²) in [7, 11) is 3.01. The second kappa shape index (κ2) is 3.87. The highest BCUT2D eigenvalue weighted by atomic mass is 16.2. The zero-order chi connectivity index (χ0) is 13.6. The van der Waals surface area contributed by atoms with Crippen LogP contribution < -0.4 is 16.7 Å². The molecule has 3 aromatic rings. The predicted molar refractivity (Wildman–Crippen MR) is 70.0 cm³/mol. The highest BCUT2D eigenvalue weighted by molar-refractivity contribution is 5.72. The second-order valence-electron chi connectivity index (χ2n) is 4.19. The van der Waals surface area contributed by atoms with Crippen molar-refractivity contribution in [2.24, 2.45) is 14.1 Å². The smallest absolute Gasteiger partial charge is 0.317 e. The molecule has 3 heterocycles. The van der Waals surface area contributed by atoms with Gasteiger partial charge in [-0.1, -0.05) is 0 Å². The van der Waals surface area contributed by atoms with E-state index in [4.69, 9.17) is 0 Å². The molecule has 0 atom stereocenters. The number of fused-ring (bicyclic) bond motifs is 1. The molecular weight excluding hydrogens is 248 g/mol. The molecule has 0 aliphatic heterocycles. The second-order valence-corrected chi connectivity index (χ2v) is 4.19. The third-order valence-electron chi connectivity index (χ3n) is 2.93. The van der Waals surface area contributed by atoms with Crippen LogP contribution >= 0.6 is 0 Å². The van der Waals surface area contributed by atoms with E-state index in [0.29, 0.717) is 17.1 Å². The van der Waals surface area contributed by atoms with Crippen LogP contribution in [0.15, 0.2) is 34.1 Å². The van der Waals surface area contributed by atoms with E-state index in [2.05, 4.69) is 15.4 Å². The number of nitrogens with one attached hydrogen (secondary N) is 2. The predicted octanol–water partition coefficient (Wildman–Crippen LogP) is -0.363. The Hall–Kier alpha value is -2.77. The molecule has 0 spiro atoms. The van der Waals surface area contributed by atoms with Gasteiger partial charge >= 0.3 is 5.69 Å². The molecule has 0 aromatic carbocycles. The molecule has 0 radical (unpaired) electrons. The summed E-state index contributed by atoms with van der Waals surface area (Å²) in [6.07, 6.45) is 3.59. The third-order valence-corrected chi connectivity index (χ3v) is 2.93. The average molecular weight is 260 g/mol. The first-order chi connectivity index (χ1) is 9.08. The van der Waals surface area contributed by atoms with E-state index in [1.807, 2.05) is 12.1 Å². The first kappa shape index (κ1) is 11.3. The van der Waals surface area contributed by atoms with Gasteiger partial charge in [-0.3, -0.25) is 24.0 Å². The Labute approximate surface area is 106 Å². The summed E-state index contributed by atoms with van der Waals surface area (Å²) in [6, 6.07) is 3.70. The van der Waals surface area contributed by atoms with E-state index >= 15 is 0 Å². The Morgan fingerprint density at radius 2 is 1.84 bits per heavy atom. The summed E-state index contributed by atoms with van der Waals surface area (Å²) in [5.41, 5.74) is 2.76. The number of aromatic nitrogens is 5. The van der Waals surface area contributed by atoms with E-state index in [9.17, 15) is 9.59 Å². The van der Waals surface area contributed by atoms with Crippen molar-refractivity contribution in [3.05, 3.63) is 45.4 Å². The molecular formula is C11H12N6O2. The van der Waals surface area contributed by atoms with Gasteiger partial charge in [0.05, 0.1) is 0 Å². The molecule has 3 rings (SSSR count). The number of H-pyrrole nitrogens is 1. The average Bonchev–Trinajstić information content (AvgIpc) is 3.04. The molecule has 19 heavy (non-hydrogen) atoms. The maximum absolute atomic E-state index is 12.0. The van der Waals surface area contributed by atoms with Crippen molar-refractivity contribution in [3.63, 3.8) is 0 Å². The van der Waals surface area contributed by atoms with Gasteiger partial charge in [0.1, 0.15) is 0 Å². The molecule has 0 saturated heterocycles. The number of hydrogen-bond donors (Lipinski definition) is 2. The number of hydrogen-bond acceptors (Lipinski definition) is 4. The van der Waals surface area contributed by atoms with E-state index in [0.717, 1.165) is 4.57 Å². The van der Waals surface area contributed by atoms with E-state index < -0.39 is 11.2 Å². The van der Waals surface area contributed by atoms with Crippen molar-refractivity contribution < 1.29 is 0 Å². The van der Waals surface area contributed by atoms with Gasteiger partial charge in [0, 0.05) is 26.5 Å². The molecule has 3 aromatic heterocycles. The lowest BCUT2D eigenvalue weighted by molar-refractivity contribution is 0.709. The number of anilines is 1. The summed E-state index contributed by atoms with van der Waals surface area (Å²) in [5.74, 6) is 0.393. The van der Waals surface area contributed by atoms with Crippen molar-refractivity contribution in [2.75, 3.05) is 5.43 Å². The molecule has 0 aliphatic rings. The van der Waals surface area contributed by atoms with Gasteiger partial charge < -0.3 is 4.98 Å². The van der Waals surface area contributed by atoms with Gasteiger partial charge in [-0.25, -0.2) is 4.79 Å². The van der Waals surface area contributed by atoms with Gasteiger partial charge in [0.25, 0.3) is 5.56 Å². The topological polar surface area (TPSA) is 89.6 Å². The zero-order valence-electron chi connectivity index (χ0n) is 10.4. The highest BCUT2D eigenvalue weighted by Crippen LogP contribution is 2.08. The van der Waals surface area contributed by atoms with Gasteiger partial charge in [-0.05, 0) is 12.1 Å².